The molecule has 2 aromatic rings. The van der Waals surface area contributed by atoms with E-state index in [1.165, 1.54) is 23.3 Å². The maximum atomic E-state index is 10.7. The SMILES string of the molecule is CCC(NC(=S)Nc1ccc([N+](=O)[O-])cc1)c1ccc(C(C)C)cc1. The highest BCUT2D eigenvalue weighted by molar-refractivity contribution is 7.80. The summed E-state index contributed by atoms with van der Waals surface area (Å²) in [5, 5.41) is 17.6. The summed E-state index contributed by atoms with van der Waals surface area (Å²) in [5.41, 5.74) is 3.26. The van der Waals surface area contributed by atoms with Crippen molar-refractivity contribution in [2.45, 2.75) is 39.2 Å². The molecule has 0 amide bonds. The molecular weight excluding hydrogens is 334 g/mol. The highest BCUT2D eigenvalue weighted by atomic mass is 32.1. The van der Waals surface area contributed by atoms with Gasteiger partial charge in [-0.25, -0.2) is 0 Å². The molecule has 1 atom stereocenters. The molecule has 0 saturated carbocycles. The van der Waals surface area contributed by atoms with Crippen LogP contribution in [0.1, 0.15) is 50.3 Å². The largest absolute Gasteiger partial charge is 0.356 e. The van der Waals surface area contributed by atoms with Crippen LogP contribution in [-0.2, 0) is 0 Å². The first-order valence-corrected chi connectivity index (χ1v) is 8.73. The summed E-state index contributed by atoms with van der Waals surface area (Å²) in [6, 6.07) is 14.9. The summed E-state index contributed by atoms with van der Waals surface area (Å²) in [6.45, 7) is 6.45. The lowest BCUT2D eigenvalue weighted by atomic mass is 9.98. The lowest BCUT2D eigenvalue weighted by Gasteiger charge is -2.20. The van der Waals surface area contributed by atoms with Crippen molar-refractivity contribution in [3.05, 3.63) is 69.8 Å². The Kier molecular flexibility index (Phi) is 6.47. The summed E-state index contributed by atoms with van der Waals surface area (Å²) in [6.07, 6.45) is 0.892. The number of benzene rings is 2. The zero-order chi connectivity index (χ0) is 18.4. The maximum absolute atomic E-state index is 10.7. The van der Waals surface area contributed by atoms with E-state index < -0.39 is 4.92 Å². The van der Waals surface area contributed by atoms with Crippen molar-refractivity contribution < 1.29 is 4.92 Å². The minimum absolute atomic E-state index is 0.0566. The summed E-state index contributed by atoms with van der Waals surface area (Å²) >= 11 is 5.37. The third kappa shape index (κ3) is 5.26. The smallest absolute Gasteiger partial charge is 0.269 e. The third-order valence-corrected chi connectivity index (χ3v) is 4.27. The van der Waals surface area contributed by atoms with Crippen LogP contribution in [0.4, 0.5) is 11.4 Å². The molecule has 0 radical (unpaired) electrons. The minimum atomic E-state index is -0.422. The Balaban J connectivity index is 2.00. The molecule has 0 fully saturated rings. The van der Waals surface area contributed by atoms with E-state index in [4.69, 9.17) is 12.2 Å². The van der Waals surface area contributed by atoms with Gasteiger partial charge in [-0.3, -0.25) is 10.1 Å². The predicted octanol–water partition coefficient (Wildman–Crippen LogP) is 5.16. The van der Waals surface area contributed by atoms with Gasteiger partial charge in [0.25, 0.3) is 5.69 Å². The number of thiocarbonyl (C=S) groups is 1. The molecule has 0 aliphatic rings. The molecule has 0 heterocycles. The standard InChI is InChI=1S/C19H23N3O2S/c1-4-18(15-7-5-14(6-8-15)13(2)3)21-19(25)20-16-9-11-17(12-10-16)22(23)24/h5-13,18H,4H2,1-3H3,(H2,20,21,25). The number of hydrogen-bond donors (Lipinski definition) is 2. The topological polar surface area (TPSA) is 67.2 Å². The van der Waals surface area contributed by atoms with Crippen molar-refractivity contribution >= 4 is 28.7 Å². The second-order valence-electron chi connectivity index (χ2n) is 6.18. The highest BCUT2D eigenvalue weighted by Crippen LogP contribution is 2.21. The zero-order valence-electron chi connectivity index (χ0n) is 14.7. The minimum Gasteiger partial charge on any atom is -0.356 e. The molecule has 2 N–H and O–H groups in total. The molecule has 0 aliphatic heterocycles. The van der Waals surface area contributed by atoms with Gasteiger partial charge in [0.2, 0.25) is 0 Å². The molecule has 5 nitrogen and oxygen atoms in total. The molecular formula is C19H23N3O2S. The molecule has 1 unspecified atom stereocenters. The Bertz CT molecular complexity index is 727. The number of rotatable bonds is 6. The Hall–Kier alpha value is -2.47. The Morgan fingerprint density at radius 2 is 1.64 bits per heavy atom. The van der Waals surface area contributed by atoms with E-state index in [1.54, 1.807) is 12.1 Å². The van der Waals surface area contributed by atoms with E-state index >= 15 is 0 Å². The van der Waals surface area contributed by atoms with Crippen molar-refractivity contribution in [1.82, 2.24) is 5.32 Å². The summed E-state index contributed by atoms with van der Waals surface area (Å²) in [4.78, 5) is 10.3. The van der Waals surface area contributed by atoms with Crippen molar-refractivity contribution in [3.63, 3.8) is 0 Å². The van der Waals surface area contributed by atoms with Gasteiger partial charge in [-0.2, -0.15) is 0 Å². The van der Waals surface area contributed by atoms with Gasteiger partial charge in [0.1, 0.15) is 0 Å². The van der Waals surface area contributed by atoms with E-state index in [1.807, 2.05) is 0 Å². The summed E-state index contributed by atoms with van der Waals surface area (Å²) in [5.74, 6) is 0.506. The van der Waals surface area contributed by atoms with Crippen LogP contribution in [0.15, 0.2) is 48.5 Å². The highest BCUT2D eigenvalue weighted by Gasteiger charge is 2.12. The van der Waals surface area contributed by atoms with Gasteiger partial charge in [-0.1, -0.05) is 45.0 Å². The van der Waals surface area contributed by atoms with Crippen molar-refractivity contribution in [3.8, 4) is 0 Å². The fraction of sp³-hybridized carbons (Fsp3) is 0.316. The average molecular weight is 357 g/mol. The second kappa shape index (κ2) is 8.58. The number of non-ortho nitro benzene ring substituents is 1. The van der Waals surface area contributed by atoms with Gasteiger partial charge in [0, 0.05) is 17.8 Å². The van der Waals surface area contributed by atoms with E-state index in [9.17, 15) is 10.1 Å². The van der Waals surface area contributed by atoms with Gasteiger partial charge in [-0.05, 0) is 47.8 Å². The van der Waals surface area contributed by atoms with Crippen LogP contribution in [0.25, 0.3) is 0 Å². The summed E-state index contributed by atoms with van der Waals surface area (Å²) in [7, 11) is 0. The van der Waals surface area contributed by atoms with Gasteiger partial charge >= 0.3 is 0 Å². The molecule has 0 saturated heterocycles. The average Bonchev–Trinajstić information content (AvgIpc) is 2.60. The third-order valence-electron chi connectivity index (χ3n) is 4.06. The normalized spacial score (nSPS) is 11.8. The molecule has 0 aromatic heterocycles. The number of anilines is 1. The lowest BCUT2D eigenvalue weighted by molar-refractivity contribution is -0.384. The first kappa shape index (κ1) is 18.9. The van der Waals surface area contributed by atoms with Gasteiger partial charge in [0.05, 0.1) is 11.0 Å². The first-order valence-electron chi connectivity index (χ1n) is 8.32. The van der Waals surface area contributed by atoms with Crippen LogP contribution >= 0.6 is 12.2 Å². The van der Waals surface area contributed by atoms with Gasteiger partial charge in [-0.15, -0.1) is 0 Å². The number of nitrogens with zero attached hydrogens (tertiary/aromatic N) is 1. The van der Waals surface area contributed by atoms with Gasteiger partial charge in [0.15, 0.2) is 5.11 Å². The van der Waals surface area contributed by atoms with Crippen LogP contribution in [0, 0.1) is 10.1 Å². The molecule has 2 rings (SSSR count). The van der Waals surface area contributed by atoms with Crippen LogP contribution in [0.2, 0.25) is 0 Å². The van der Waals surface area contributed by atoms with Crippen LogP contribution < -0.4 is 10.6 Å². The number of nitro benzene ring substituents is 1. The van der Waals surface area contributed by atoms with E-state index in [2.05, 4.69) is 55.7 Å². The van der Waals surface area contributed by atoms with Crippen LogP contribution in [-0.4, -0.2) is 10.0 Å². The van der Waals surface area contributed by atoms with E-state index in [0.717, 1.165) is 6.42 Å². The predicted molar refractivity (Wildman–Crippen MR) is 106 cm³/mol. The molecule has 132 valence electrons. The fourth-order valence-corrected chi connectivity index (χ4v) is 2.79. The van der Waals surface area contributed by atoms with E-state index in [-0.39, 0.29) is 11.7 Å². The van der Waals surface area contributed by atoms with Crippen molar-refractivity contribution in [1.29, 1.82) is 0 Å². The summed E-state index contributed by atoms with van der Waals surface area (Å²) < 4.78 is 0. The molecule has 25 heavy (non-hydrogen) atoms. The molecule has 0 bridgehead atoms. The second-order valence-corrected chi connectivity index (χ2v) is 6.59. The Morgan fingerprint density at radius 1 is 1.08 bits per heavy atom. The number of nitrogens with one attached hydrogen (secondary N) is 2. The Morgan fingerprint density at radius 3 is 2.12 bits per heavy atom. The Labute approximate surface area is 153 Å². The van der Waals surface area contributed by atoms with Crippen molar-refractivity contribution in [2.75, 3.05) is 5.32 Å². The van der Waals surface area contributed by atoms with Crippen molar-refractivity contribution in [2.24, 2.45) is 0 Å². The molecule has 6 heteroatoms. The van der Waals surface area contributed by atoms with Crippen LogP contribution in [0.5, 0.6) is 0 Å². The monoisotopic (exact) mass is 357 g/mol. The lowest BCUT2D eigenvalue weighted by Crippen LogP contribution is -2.32. The number of hydrogen-bond acceptors (Lipinski definition) is 3. The first-order chi connectivity index (χ1) is 11.9. The quantitative estimate of drug-likeness (QED) is 0.425. The fourth-order valence-electron chi connectivity index (χ4n) is 2.53. The zero-order valence-corrected chi connectivity index (χ0v) is 15.5. The molecule has 0 aliphatic carbocycles. The molecule has 0 spiro atoms. The molecule has 2 aromatic carbocycles. The maximum Gasteiger partial charge on any atom is 0.269 e. The van der Waals surface area contributed by atoms with Crippen LogP contribution in [0.3, 0.4) is 0 Å². The van der Waals surface area contributed by atoms with Gasteiger partial charge < -0.3 is 10.6 Å². The number of nitro groups is 1. The van der Waals surface area contributed by atoms with E-state index in [0.29, 0.717) is 16.7 Å².